The van der Waals surface area contributed by atoms with E-state index in [0.29, 0.717) is 21.4 Å². The van der Waals surface area contributed by atoms with Crippen LogP contribution in [0.15, 0.2) is 47.4 Å². The second-order valence-corrected chi connectivity index (χ2v) is 9.48. The van der Waals surface area contributed by atoms with Crippen molar-refractivity contribution in [1.29, 1.82) is 5.26 Å². The van der Waals surface area contributed by atoms with Crippen LogP contribution in [0.3, 0.4) is 0 Å². The Hall–Kier alpha value is -2.31. The molecule has 0 bridgehead atoms. The Labute approximate surface area is 185 Å². The van der Waals surface area contributed by atoms with Gasteiger partial charge in [-0.1, -0.05) is 23.2 Å². The molecule has 2 aromatic rings. The van der Waals surface area contributed by atoms with Crippen molar-refractivity contribution in [3.63, 3.8) is 0 Å². The van der Waals surface area contributed by atoms with Crippen molar-refractivity contribution in [2.75, 3.05) is 26.2 Å². The third-order valence-corrected chi connectivity index (χ3v) is 7.16. The molecule has 1 unspecified atom stereocenters. The van der Waals surface area contributed by atoms with Crippen LogP contribution in [-0.4, -0.2) is 55.8 Å². The van der Waals surface area contributed by atoms with Crippen molar-refractivity contribution < 1.29 is 17.9 Å². The van der Waals surface area contributed by atoms with E-state index in [0.717, 1.165) is 0 Å². The van der Waals surface area contributed by atoms with E-state index in [1.165, 1.54) is 34.6 Å². The Bertz CT molecular complexity index is 1080. The van der Waals surface area contributed by atoms with Crippen LogP contribution in [0.2, 0.25) is 10.0 Å². The number of halogens is 2. The summed E-state index contributed by atoms with van der Waals surface area (Å²) in [4.78, 5) is 14.4. The fourth-order valence-corrected chi connectivity index (χ4v) is 4.94. The number of nitrogens with zero attached hydrogens (tertiary/aromatic N) is 3. The van der Waals surface area contributed by atoms with Crippen LogP contribution >= 0.6 is 23.2 Å². The van der Waals surface area contributed by atoms with Gasteiger partial charge in [0.25, 0.3) is 5.91 Å². The van der Waals surface area contributed by atoms with Crippen LogP contribution < -0.4 is 4.74 Å². The van der Waals surface area contributed by atoms with Gasteiger partial charge in [-0.15, -0.1) is 0 Å². The number of hydrogen-bond acceptors (Lipinski definition) is 5. The number of rotatable bonds is 5. The SMILES string of the molecule is CC(Oc1ccc(Cl)cc1Cl)C(=O)N1CCN(S(=O)(=O)c2ccc(C#N)cc2)CC1. The molecule has 1 fully saturated rings. The smallest absolute Gasteiger partial charge is 0.263 e. The molecule has 7 nitrogen and oxygen atoms in total. The average molecular weight is 468 g/mol. The molecule has 30 heavy (non-hydrogen) atoms. The molecular weight excluding hydrogens is 449 g/mol. The first-order valence-electron chi connectivity index (χ1n) is 9.13. The van der Waals surface area contributed by atoms with E-state index in [2.05, 4.69) is 0 Å². The Morgan fingerprint density at radius 3 is 2.30 bits per heavy atom. The van der Waals surface area contributed by atoms with E-state index in [9.17, 15) is 13.2 Å². The maximum absolute atomic E-state index is 12.8. The molecule has 3 rings (SSSR count). The summed E-state index contributed by atoms with van der Waals surface area (Å²) in [6.45, 7) is 2.45. The number of carbonyl (C=O) groups excluding carboxylic acids is 1. The summed E-state index contributed by atoms with van der Waals surface area (Å²) < 4.78 is 32.6. The summed E-state index contributed by atoms with van der Waals surface area (Å²) in [5, 5.41) is 9.63. The number of nitriles is 1. The number of piperazine rings is 1. The van der Waals surface area contributed by atoms with Gasteiger partial charge in [0.05, 0.1) is 21.6 Å². The Balaban J connectivity index is 1.61. The summed E-state index contributed by atoms with van der Waals surface area (Å²) in [5.41, 5.74) is 0.388. The lowest BCUT2D eigenvalue weighted by Gasteiger charge is -2.35. The highest BCUT2D eigenvalue weighted by Crippen LogP contribution is 2.28. The maximum atomic E-state index is 12.8. The van der Waals surface area contributed by atoms with Gasteiger partial charge in [0.15, 0.2) is 6.10 Å². The van der Waals surface area contributed by atoms with Crippen molar-refractivity contribution >= 4 is 39.1 Å². The topological polar surface area (TPSA) is 90.7 Å². The first-order chi connectivity index (χ1) is 14.2. The van der Waals surface area contributed by atoms with Crippen molar-refractivity contribution in [2.24, 2.45) is 0 Å². The summed E-state index contributed by atoms with van der Waals surface area (Å²) >= 11 is 11.9. The summed E-state index contributed by atoms with van der Waals surface area (Å²) in [6, 6.07) is 12.5. The molecule has 0 N–H and O–H groups in total. The highest BCUT2D eigenvalue weighted by atomic mass is 35.5. The molecule has 0 radical (unpaired) electrons. The maximum Gasteiger partial charge on any atom is 0.263 e. The zero-order valence-corrected chi connectivity index (χ0v) is 18.4. The third kappa shape index (κ3) is 4.87. The number of sulfonamides is 1. The Morgan fingerprint density at radius 2 is 1.73 bits per heavy atom. The molecule has 1 heterocycles. The van der Waals surface area contributed by atoms with E-state index < -0.39 is 16.1 Å². The number of ether oxygens (including phenoxy) is 1. The molecule has 1 saturated heterocycles. The summed E-state index contributed by atoms with van der Waals surface area (Å²) in [6.07, 6.45) is -0.787. The third-order valence-electron chi connectivity index (χ3n) is 4.72. The lowest BCUT2D eigenvalue weighted by molar-refractivity contribution is -0.139. The molecule has 0 aromatic heterocycles. The highest BCUT2D eigenvalue weighted by Gasteiger charge is 2.32. The summed E-state index contributed by atoms with van der Waals surface area (Å²) in [5.74, 6) is 0.0976. The molecule has 158 valence electrons. The molecule has 0 aliphatic carbocycles. The fourth-order valence-electron chi connectivity index (χ4n) is 3.07. The van der Waals surface area contributed by atoms with Crippen LogP contribution in [0, 0.1) is 11.3 Å². The normalized spacial score (nSPS) is 16.0. The van der Waals surface area contributed by atoms with Gasteiger partial charge in [0.2, 0.25) is 10.0 Å². The quantitative estimate of drug-likeness (QED) is 0.673. The lowest BCUT2D eigenvalue weighted by atomic mass is 10.2. The second-order valence-electron chi connectivity index (χ2n) is 6.70. The number of carbonyl (C=O) groups is 1. The van der Waals surface area contributed by atoms with Gasteiger partial charge in [-0.3, -0.25) is 4.79 Å². The number of benzene rings is 2. The van der Waals surface area contributed by atoms with Crippen LogP contribution in [0.25, 0.3) is 0 Å². The lowest BCUT2D eigenvalue weighted by Crippen LogP contribution is -2.53. The van der Waals surface area contributed by atoms with E-state index in [1.807, 2.05) is 6.07 Å². The molecule has 1 atom stereocenters. The Morgan fingerprint density at radius 1 is 1.10 bits per heavy atom. The van der Waals surface area contributed by atoms with Crippen LogP contribution in [0.4, 0.5) is 0 Å². The average Bonchev–Trinajstić information content (AvgIpc) is 2.75. The second kappa shape index (κ2) is 9.23. The van der Waals surface area contributed by atoms with E-state index in [4.69, 9.17) is 33.2 Å². The number of hydrogen-bond donors (Lipinski definition) is 0. The van der Waals surface area contributed by atoms with Crippen LogP contribution in [0.5, 0.6) is 5.75 Å². The van der Waals surface area contributed by atoms with Crippen LogP contribution in [0.1, 0.15) is 12.5 Å². The highest BCUT2D eigenvalue weighted by molar-refractivity contribution is 7.89. The van der Waals surface area contributed by atoms with Crippen molar-refractivity contribution in [2.45, 2.75) is 17.9 Å². The molecular formula is C20H19Cl2N3O4S. The zero-order chi connectivity index (χ0) is 21.9. The molecule has 0 saturated carbocycles. The van der Waals surface area contributed by atoms with E-state index >= 15 is 0 Å². The molecule has 2 aromatic carbocycles. The summed E-state index contributed by atoms with van der Waals surface area (Å²) in [7, 11) is -3.69. The van der Waals surface area contributed by atoms with E-state index in [1.54, 1.807) is 24.0 Å². The first kappa shape index (κ1) is 22.4. The molecule has 10 heteroatoms. The predicted molar refractivity (Wildman–Crippen MR) is 113 cm³/mol. The van der Waals surface area contributed by atoms with Gasteiger partial charge in [-0.2, -0.15) is 9.57 Å². The Kier molecular flexibility index (Phi) is 6.88. The minimum atomic E-state index is -3.69. The minimum Gasteiger partial charge on any atom is -0.479 e. The zero-order valence-electron chi connectivity index (χ0n) is 16.1. The van der Waals surface area contributed by atoms with Gasteiger partial charge in [0, 0.05) is 31.2 Å². The minimum absolute atomic E-state index is 0.121. The molecule has 0 spiro atoms. The standard InChI is InChI=1S/C20H19Cl2N3O4S/c1-14(29-19-7-4-16(21)12-18(19)22)20(26)24-8-10-25(11-9-24)30(27,28)17-5-2-15(13-23)3-6-17/h2-7,12,14H,8-11H2,1H3. The van der Waals surface area contributed by atoms with Crippen molar-refractivity contribution in [1.82, 2.24) is 9.21 Å². The molecule has 1 aliphatic rings. The first-order valence-corrected chi connectivity index (χ1v) is 11.3. The monoisotopic (exact) mass is 467 g/mol. The van der Waals surface area contributed by atoms with Gasteiger partial charge in [-0.05, 0) is 49.4 Å². The van der Waals surface area contributed by atoms with Gasteiger partial charge >= 0.3 is 0 Å². The van der Waals surface area contributed by atoms with Gasteiger partial charge in [-0.25, -0.2) is 8.42 Å². The van der Waals surface area contributed by atoms with Gasteiger partial charge < -0.3 is 9.64 Å². The van der Waals surface area contributed by atoms with Gasteiger partial charge in [0.1, 0.15) is 5.75 Å². The fraction of sp³-hybridized carbons (Fsp3) is 0.300. The van der Waals surface area contributed by atoms with E-state index in [-0.39, 0.29) is 37.0 Å². The molecule has 1 amide bonds. The molecule has 1 aliphatic heterocycles. The van der Waals surface area contributed by atoms with Crippen molar-refractivity contribution in [3.8, 4) is 11.8 Å². The largest absolute Gasteiger partial charge is 0.479 e. The van der Waals surface area contributed by atoms with Crippen molar-refractivity contribution in [3.05, 3.63) is 58.1 Å². The number of amides is 1. The predicted octanol–water partition coefficient (Wildman–Crippen LogP) is 3.17. The van der Waals surface area contributed by atoms with Crippen LogP contribution in [-0.2, 0) is 14.8 Å².